The first kappa shape index (κ1) is 29.1. The van der Waals surface area contributed by atoms with E-state index in [0.717, 1.165) is 0 Å². The molecule has 0 saturated carbocycles. The molecule has 0 radical (unpaired) electrons. The number of hydrogen-bond donors (Lipinski definition) is 7. The molecule has 7 N–H and O–H groups in total. The van der Waals surface area contributed by atoms with Crippen LogP contribution in [0.5, 0.6) is 23.0 Å². The van der Waals surface area contributed by atoms with E-state index >= 15 is 0 Å². The predicted octanol–water partition coefficient (Wildman–Crippen LogP) is 6.49. The van der Waals surface area contributed by atoms with Crippen molar-refractivity contribution in [2.75, 3.05) is 0 Å². The standard InChI is InChI=1S/2C6H2Cl4O2.H3O4P/c2*7-1-2(8)4(10)6(12)5(11)3(1)9;1-5(2,3)4/h2*11-12H;(H3,1,2,3,4). The van der Waals surface area contributed by atoms with Gasteiger partial charge in [0.1, 0.15) is 20.1 Å². The first-order chi connectivity index (χ1) is 12.9. The minimum absolute atomic E-state index is 0.0846. The lowest BCUT2D eigenvalue weighted by Gasteiger charge is -2.06. The summed E-state index contributed by atoms with van der Waals surface area (Å²) in [5.74, 6) is -2.29. The Bertz CT molecular complexity index is 678. The highest BCUT2D eigenvalue weighted by atomic mass is 35.5. The smallest absolute Gasteiger partial charge is 0.466 e. The van der Waals surface area contributed by atoms with Crippen LogP contribution < -0.4 is 0 Å². The second kappa shape index (κ2) is 11.6. The number of phosphoric acid groups is 1. The maximum absolute atomic E-state index is 9.08. The molecule has 2 aromatic carbocycles. The van der Waals surface area contributed by atoms with Crippen LogP contribution in [0, 0.1) is 0 Å². The minimum atomic E-state index is -4.64. The summed E-state index contributed by atoms with van der Waals surface area (Å²) in [4.78, 5) is 21.6. The van der Waals surface area contributed by atoms with Crippen LogP contribution in [0.3, 0.4) is 0 Å². The number of hydrogen-bond acceptors (Lipinski definition) is 5. The number of aromatic hydroxyl groups is 4. The maximum atomic E-state index is 9.08. The van der Waals surface area contributed by atoms with Gasteiger partial charge in [0.2, 0.25) is 0 Å². The van der Waals surface area contributed by atoms with Gasteiger partial charge in [0, 0.05) is 0 Å². The molecule has 164 valence electrons. The van der Waals surface area contributed by atoms with Gasteiger partial charge < -0.3 is 35.1 Å². The normalized spacial score (nSPS) is 10.6. The van der Waals surface area contributed by atoms with Gasteiger partial charge in [0.15, 0.2) is 23.0 Å². The van der Waals surface area contributed by atoms with Crippen molar-refractivity contribution >= 4 is 101 Å². The Morgan fingerprint density at radius 1 is 0.414 bits per heavy atom. The van der Waals surface area contributed by atoms with Crippen molar-refractivity contribution in [3.63, 3.8) is 0 Å². The second-order valence-corrected chi connectivity index (χ2v) is 8.47. The first-order valence-electron chi connectivity index (χ1n) is 6.19. The summed E-state index contributed by atoms with van der Waals surface area (Å²) in [6, 6.07) is 0. The summed E-state index contributed by atoms with van der Waals surface area (Å²) in [5, 5.41) is 35.1. The van der Waals surface area contributed by atoms with Crippen LogP contribution in [-0.4, -0.2) is 35.1 Å². The molecule has 0 bridgehead atoms. The van der Waals surface area contributed by atoms with Crippen molar-refractivity contribution in [3.05, 3.63) is 40.2 Å². The van der Waals surface area contributed by atoms with E-state index in [1.165, 1.54) is 0 Å². The summed E-state index contributed by atoms with van der Waals surface area (Å²) in [5.41, 5.74) is 0. The van der Waals surface area contributed by atoms with Crippen LogP contribution in [0.2, 0.25) is 40.2 Å². The van der Waals surface area contributed by atoms with Gasteiger partial charge in [-0.25, -0.2) is 4.57 Å². The summed E-state index contributed by atoms with van der Waals surface area (Å²) < 4.78 is 8.88. The van der Waals surface area contributed by atoms with Gasteiger partial charge in [-0.15, -0.1) is 0 Å². The molecule has 0 spiro atoms. The van der Waals surface area contributed by atoms with Gasteiger partial charge in [0.05, 0.1) is 20.1 Å². The van der Waals surface area contributed by atoms with E-state index in [2.05, 4.69) is 0 Å². The number of halogens is 8. The zero-order chi connectivity index (χ0) is 23.4. The predicted molar refractivity (Wildman–Crippen MR) is 114 cm³/mol. The summed E-state index contributed by atoms with van der Waals surface area (Å²) in [6.45, 7) is 0. The zero-order valence-corrected chi connectivity index (χ0v) is 20.0. The zero-order valence-electron chi connectivity index (χ0n) is 13.0. The molecule has 0 aliphatic rings. The van der Waals surface area contributed by atoms with E-state index in [4.69, 9.17) is 132 Å². The van der Waals surface area contributed by atoms with Gasteiger partial charge in [-0.3, -0.25) is 0 Å². The van der Waals surface area contributed by atoms with E-state index in [-0.39, 0.29) is 40.2 Å². The lowest BCUT2D eigenvalue weighted by molar-refractivity contribution is 0.275. The molecule has 0 fully saturated rings. The van der Waals surface area contributed by atoms with Crippen LogP contribution in [0.1, 0.15) is 0 Å². The van der Waals surface area contributed by atoms with Gasteiger partial charge in [-0.1, -0.05) is 92.8 Å². The number of rotatable bonds is 0. The van der Waals surface area contributed by atoms with Crippen LogP contribution >= 0.6 is 101 Å². The molecular formula is C12H7Cl8O8P. The highest BCUT2D eigenvalue weighted by Crippen LogP contribution is 2.49. The summed E-state index contributed by atoms with van der Waals surface area (Å²) in [6.07, 6.45) is 0. The average Bonchev–Trinajstić information content (AvgIpc) is 2.64. The van der Waals surface area contributed by atoms with E-state index < -0.39 is 30.8 Å². The molecule has 0 aromatic heterocycles. The fourth-order valence-electron chi connectivity index (χ4n) is 1.22. The molecule has 0 heterocycles. The molecule has 0 atom stereocenters. The van der Waals surface area contributed by atoms with Crippen molar-refractivity contribution in [2.24, 2.45) is 0 Å². The highest BCUT2D eigenvalue weighted by Gasteiger charge is 2.19. The van der Waals surface area contributed by atoms with Crippen LogP contribution in [0.4, 0.5) is 0 Å². The third-order valence-corrected chi connectivity index (χ3v) is 6.00. The molecule has 29 heavy (non-hydrogen) atoms. The molecule has 0 aliphatic heterocycles. The Labute approximate surface area is 202 Å². The molecular weight excluding hydrogens is 587 g/mol. The molecule has 0 amide bonds. The third-order valence-electron chi connectivity index (χ3n) is 2.44. The number of phenols is 4. The third kappa shape index (κ3) is 8.26. The number of phenolic OH excluding ortho intramolecular Hbond substituents is 4. The monoisotopic (exact) mass is 590 g/mol. The highest BCUT2D eigenvalue weighted by molar-refractivity contribution is 7.45. The summed E-state index contributed by atoms with van der Waals surface area (Å²) >= 11 is 44.1. The van der Waals surface area contributed by atoms with Crippen molar-refractivity contribution in [1.82, 2.24) is 0 Å². The summed E-state index contributed by atoms with van der Waals surface area (Å²) in [7, 11) is -4.64. The van der Waals surface area contributed by atoms with E-state index in [0.29, 0.717) is 0 Å². The van der Waals surface area contributed by atoms with Crippen LogP contribution in [0.15, 0.2) is 0 Å². The Kier molecular flexibility index (Phi) is 11.6. The molecule has 2 rings (SSSR count). The first-order valence-corrected chi connectivity index (χ1v) is 10.8. The van der Waals surface area contributed by atoms with Gasteiger partial charge in [0.25, 0.3) is 0 Å². The molecule has 0 aliphatic carbocycles. The van der Waals surface area contributed by atoms with E-state index in [1.54, 1.807) is 0 Å². The van der Waals surface area contributed by atoms with Crippen molar-refractivity contribution in [3.8, 4) is 23.0 Å². The minimum Gasteiger partial charge on any atom is -0.503 e. The van der Waals surface area contributed by atoms with Crippen molar-refractivity contribution < 1.29 is 39.7 Å². The Balaban J connectivity index is 0.000000442. The maximum Gasteiger partial charge on any atom is 0.466 e. The van der Waals surface area contributed by atoms with Gasteiger partial charge >= 0.3 is 7.82 Å². The lowest BCUT2D eigenvalue weighted by atomic mass is 10.3. The second-order valence-electron chi connectivity index (χ2n) is 4.42. The number of benzene rings is 2. The SMILES string of the molecule is O=P(O)(O)O.Oc1c(O)c(Cl)c(Cl)c(Cl)c1Cl.Oc1c(O)c(Cl)c(Cl)c(Cl)c1Cl. The van der Waals surface area contributed by atoms with E-state index in [1.807, 2.05) is 0 Å². The van der Waals surface area contributed by atoms with Crippen molar-refractivity contribution in [2.45, 2.75) is 0 Å². The average molecular weight is 594 g/mol. The van der Waals surface area contributed by atoms with E-state index in [9.17, 15) is 0 Å². The fraction of sp³-hybridized carbons (Fsp3) is 0. The molecule has 0 saturated heterocycles. The quantitative estimate of drug-likeness (QED) is 0.0790. The molecule has 2 aromatic rings. The lowest BCUT2D eigenvalue weighted by Crippen LogP contribution is -1.78. The molecule has 17 heteroatoms. The fourth-order valence-corrected chi connectivity index (χ4v) is 2.88. The molecule has 8 nitrogen and oxygen atoms in total. The van der Waals surface area contributed by atoms with Crippen LogP contribution in [-0.2, 0) is 4.57 Å². The largest absolute Gasteiger partial charge is 0.503 e. The van der Waals surface area contributed by atoms with Gasteiger partial charge in [-0.05, 0) is 0 Å². The Morgan fingerprint density at radius 2 is 0.517 bits per heavy atom. The van der Waals surface area contributed by atoms with Gasteiger partial charge in [-0.2, -0.15) is 0 Å². The topological polar surface area (TPSA) is 159 Å². The van der Waals surface area contributed by atoms with Crippen molar-refractivity contribution in [1.29, 1.82) is 0 Å². The van der Waals surface area contributed by atoms with Crippen LogP contribution in [0.25, 0.3) is 0 Å². The Hall–Kier alpha value is 0.0700. The Morgan fingerprint density at radius 3 is 0.621 bits per heavy atom. The molecule has 0 unspecified atom stereocenters.